The molecule has 0 spiro atoms. The molecule has 0 aliphatic heterocycles. The zero-order valence-electron chi connectivity index (χ0n) is 12.0. The van der Waals surface area contributed by atoms with Crippen LogP contribution in [0.15, 0.2) is 38.5 Å². The molecule has 0 fully saturated rings. The number of nitrogens with zero attached hydrogens (tertiary/aromatic N) is 1. The number of hydrogen-bond acceptors (Lipinski definition) is 5. The highest BCUT2D eigenvalue weighted by atomic mass is 16.4. The highest BCUT2D eigenvalue weighted by Gasteiger charge is 2.11. The number of carbonyl (C=O) groups is 1. The van der Waals surface area contributed by atoms with Crippen LogP contribution >= 0.6 is 0 Å². The molecule has 0 saturated carbocycles. The normalized spacial score (nSPS) is 11.3. The van der Waals surface area contributed by atoms with Crippen molar-refractivity contribution < 1.29 is 19.4 Å². The van der Waals surface area contributed by atoms with Crippen LogP contribution in [0.1, 0.15) is 31.2 Å². The van der Waals surface area contributed by atoms with E-state index in [9.17, 15) is 14.7 Å². The molecular weight excluding hydrogens is 286 g/mol. The van der Waals surface area contributed by atoms with E-state index < -0.39 is 11.6 Å². The van der Waals surface area contributed by atoms with Crippen LogP contribution in [0.4, 0.5) is 0 Å². The highest BCUT2D eigenvalue weighted by Crippen LogP contribution is 2.24. The molecule has 1 aromatic heterocycles. The first-order valence-corrected chi connectivity index (χ1v) is 7.06. The van der Waals surface area contributed by atoms with Crippen molar-refractivity contribution in [1.29, 1.82) is 0 Å². The number of fused-ring (bicyclic) bond motifs is 1. The van der Waals surface area contributed by atoms with Crippen molar-refractivity contribution in [2.75, 3.05) is 6.54 Å². The molecule has 0 saturated heterocycles. The number of carboxylic acid groups (broad SMARTS) is 1. The molecule has 1 heterocycles. The van der Waals surface area contributed by atoms with Gasteiger partial charge in [-0.1, -0.05) is 18.6 Å². The van der Waals surface area contributed by atoms with E-state index in [0.717, 1.165) is 12.8 Å². The fourth-order valence-corrected chi connectivity index (χ4v) is 2.07. The fraction of sp³-hybridized carbons (Fsp3) is 0.312. The number of hydrogen-bond donors (Lipinski definition) is 2. The monoisotopic (exact) mass is 303 g/mol. The summed E-state index contributed by atoms with van der Waals surface area (Å²) >= 11 is 0. The van der Waals surface area contributed by atoms with E-state index in [4.69, 9.17) is 9.52 Å². The largest absolute Gasteiger partial charge is 0.506 e. The first-order valence-electron chi connectivity index (χ1n) is 7.06. The Morgan fingerprint density at radius 2 is 2.00 bits per heavy atom. The second-order valence-electron chi connectivity index (χ2n) is 4.89. The van der Waals surface area contributed by atoms with Crippen molar-refractivity contribution in [2.45, 2.75) is 25.7 Å². The number of para-hydroxylation sites is 1. The van der Waals surface area contributed by atoms with Crippen molar-refractivity contribution in [1.82, 2.24) is 0 Å². The van der Waals surface area contributed by atoms with Gasteiger partial charge in [0.1, 0.15) is 16.9 Å². The third-order valence-electron chi connectivity index (χ3n) is 3.22. The first-order chi connectivity index (χ1) is 10.6. The summed E-state index contributed by atoms with van der Waals surface area (Å²) in [6.45, 7) is 0.464. The summed E-state index contributed by atoms with van der Waals surface area (Å²) < 4.78 is 5.12. The number of aromatic hydroxyl groups is 1. The summed E-state index contributed by atoms with van der Waals surface area (Å²) in [6, 6.07) is 6.73. The van der Waals surface area contributed by atoms with Crippen LogP contribution in [0, 0.1) is 0 Å². The van der Waals surface area contributed by atoms with Gasteiger partial charge in [0.2, 0.25) is 0 Å². The average Bonchev–Trinajstić information content (AvgIpc) is 2.49. The van der Waals surface area contributed by atoms with Crippen LogP contribution in [-0.2, 0) is 4.79 Å². The molecule has 6 nitrogen and oxygen atoms in total. The Balaban J connectivity index is 2.01. The van der Waals surface area contributed by atoms with E-state index in [1.54, 1.807) is 24.3 Å². The van der Waals surface area contributed by atoms with E-state index >= 15 is 0 Å². The van der Waals surface area contributed by atoms with E-state index in [1.807, 2.05) is 0 Å². The van der Waals surface area contributed by atoms with Gasteiger partial charge in [-0.15, -0.1) is 0 Å². The van der Waals surface area contributed by atoms with Crippen LogP contribution in [0.2, 0.25) is 0 Å². The maximum absolute atomic E-state index is 11.8. The predicted octanol–water partition coefficient (Wildman–Crippen LogP) is 2.56. The molecule has 2 rings (SSSR count). The van der Waals surface area contributed by atoms with E-state index in [0.29, 0.717) is 23.9 Å². The first kappa shape index (κ1) is 15.8. The zero-order chi connectivity index (χ0) is 15.9. The summed E-state index contributed by atoms with van der Waals surface area (Å²) in [5.41, 5.74) is -0.272. The summed E-state index contributed by atoms with van der Waals surface area (Å²) in [5.74, 6) is -0.941. The average molecular weight is 303 g/mol. The molecule has 2 aromatic rings. The summed E-state index contributed by atoms with van der Waals surface area (Å²) in [7, 11) is 0. The van der Waals surface area contributed by atoms with Crippen molar-refractivity contribution in [3.05, 3.63) is 40.2 Å². The predicted molar refractivity (Wildman–Crippen MR) is 82.7 cm³/mol. The van der Waals surface area contributed by atoms with Crippen molar-refractivity contribution in [3.8, 4) is 5.75 Å². The van der Waals surface area contributed by atoms with Gasteiger partial charge in [0.05, 0.1) is 5.39 Å². The maximum Gasteiger partial charge on any atom is 0.348 e. The van der Waals surface area contributed by atoms with Gasteiger partial charge < -0.3 is 14.6 Å². The molecule has 0 aliphatic rings. The van der Waals surface area contributed by atoms with Gasteiger partial charge in [-0.05, 0) is 25.0 Å². The Morgan fingerprint density at radius 1 is 1.23 bits per heavy atom. The minimum atomic E-state index is -0.804. The lowest BCUT2D eigenvalue weighted by atomic mass is 10.1. The summed E-state index contributed by atoms with van der Waals surface area (Å²) in [5, 5.41) is 19.1. The fourth-order valence-electron chi connectivity index (χ4n) is 2.07. The Hall–Kier alpha value is -2.63. The molecule has 6 heteroatoms. The Morgan fingerprint density at radius 3 is 2.77 bits per heavy atom. The molecule has 2 N–H and O–H groups in total. The SMILES string of the molecule is O=C(O)CCCCCN=Cc1c(O)c2ccccc2oc1=O. The molecule has 116 valence electrons. The van der Waals surface area contributed by atoms with Crippen LogP contribution in [0.5, 0.6) is 5.75 Å². The van der Waals surface area contributed by atoms with Crippen molar-refractivity contribution in [2.24, 2.45) is 4.99 Å². The van der Waals surface area contributed by atoms with Gasteiger partial charge in [0.15, 0.2) is 0 Å². The minimum Gasteiger partial charge on any atom is -0.506 e. The number of benzene rings is 1. The smallest absolute Gasteiger partial charge is 0.348 e. The topological polar surface area (TPSA) is 100 Å². The lowest BCUT2D eigenvalue weighted by Gasteiger charge is -2.02. The molecular formula is C16H17NO5. The second kappa shape index (κ2) is 7.40. The Bertz CT molecular complexity index is 748. The maximum atomic E-state index is 11.8. The summed E-state index contributed by atoms with van der Waals surface area (Å²) in [4.78, 5) is 26.3. The molecule has 0 atom stereocenters. The van der Waals surface area contributed by atoms with Gasteiger partial charge in [-0.2, -0.15) is 0 Å². The van der Waals surface area contributed by atoms with Gasteiger partial charge in [0.25, 0.3) is 0 Å². The van der Waals surface area contributed by atoms with Crippen molar-refractivity contribution >= 4 is 23.2 Å². The number of aliphatic carboxylic acids is 1. The molecule has 0 radical (unpaired) electrons. The second-order valence-corrected chi connectivity index (χ2v) is 4.89. The molecule has 0 aliphatic carbocycles. The van der Waals surface area contributed by atoms with Gasteiger partial charge in [0, 0.05) is 19.2 Å². The quantitative estimate of drug-likeness (QED) is 0.465. The lowest BCUT2D eigenvalue weighted by molar-refractivity contribution is -0.137. The van der Waals surface area contributed by atoms with Crippen LogP contribution in [0.3, 0.4) is 0 Å². The number of unbranched alkanes of at least 4 members (excludes halogenated alkanes) is 2. The third-order valence-corrected chi connectivity index (χ3v) is 3.22. The third kappa shape index (κ3) is 3.94. The van der Waals surface area contributed by atoms with Crippen molar-refractivity contribution in [3.63, 3.8) is 0 Å². The van der Waals surface area contributed by atoms with E-state index in [-0.39, 0.29) is 17.7 Å². The van der Waals surface area contributed by atoms with Crippen LogP contribution in [0.25, 0.3) is 11.0 Å². The van der Waals surface area contributed by atoms with E-state index in [2.05, 4.69) is 4.99 Å². The lowest BCUT2D eigenvalue weighted by Crippen LogP contribution is -2.07. The van der Waals surface area contributed by atoms with Gasteiger partial charge >= 0.3 is 11.6 Å². The molecule has 1 aromatic carbocycles. The molecule has 22 heavy (non-hydrogen) atoms. The summed E-state index contributed by atoms with van der Waals surface area (Å²) in [6.07, 6.45) is 3.54. The number of carboxylic acids is 1. The minimum absolute atomic E-state index is 0.0317. The van der Waals surface area contributed by atoms with Gasteiger partial charge in [-0.3, -0.25) is 9.79 Å². The van der Waals surface area contributed by atoms with E-state index in [1.165, 1.54) is 6.21 Å². The highest BCUT2D eigenvalue weighted by molar-refractivity contribution is 5.93. The number of aliphatic imine (C=N–C) groups is 1. The number of rotatable bonds is 7. The van der Waals surface area contributed by atoms with Gasteiger partial charge in [-0.25, -0.2) is 4.79 Å². The Kier molecular flexibility index (Phi) is 5.30. The standard InChI is InChI=1S/C16H17NO5/c18-14(19)8-2-1-5-9-17-10-12-15(20)11-6-3-4-7-13(11)22-16(12)21/h3-4,6-7,10,20H,1-2,5,8-9H2,(H,18,19). The molecule has 0 bridgehead atoms. The van der Waals surface area contributed by atoms with Crippen LogP contribution < -0.4 is 5.63 Å². The molecule has 0 amide bonds. The zero-order valence-corrected chi connectivity index (χ0v) is 12.0. The molecule has 0 unspecified atom stereocenters. The van der Waals surface area contributed by atoms with Crippen LogP contribution in [-0.4, -0.2) is 28.9 Å². The Labute approximate surface area is 126 Å².